The number of rotatable bonds is 4. The molecule has 1 amide bonds. The number of benzene rings is 1. The van der Waals surface area contributed by atoms with Crippen LogP contribution in [0.3, 0.4) is 0 Å². The van der Waals surface area contributed by atoms with Crippen molar-refractivity contribution in [3.8, 4) is 0 Å². The van der Waals surface area contributed by atoms with E-state index in [0.717, 1.165) is 0 Å². The highest BCUT2D eigenvalue weighted by atomic mass is 16.2. The van der Waals surface area contributed by atoms with E-state index in [0.29, 0.717) is 11.1 Å². The van der Waals surface area contributed by atoms with Crippen molar-refractivity contribution in [3.63, 3.8) is 0 Å². The molecule has 0 bridgehead atoms. The monoisotopic (exact) mass is 315 g/mol. The normalized spacial score (nSPS) is 15.6. The van der Waals surface area contributed by atoms with Crippen molar-refractivity contribution in [2.45, 2.75) is 13.0 Å². The zero-order valence-corrected chi connectivity index (χ0v) is 14.0. The van der Waals surface area contributed by atoms with Crippen LogP contribution >= 0.6 is 0 Å². The summed E-state index contributed by atoms with van der Waals surface area (Å²) < 4.78 is 0. The number of nitrogens with one attached hydrogen (secondary N) is 1. The van der Waals surface area contributed by atoms with Gasteiger partial charge in [-0.2, -0.15) is 0 Å². The second kappa shape index (κ2) is 6.34. The number of ketones is 2. The van der Waals surface area contributed by atoms with Gasteiger partial charge in [-0.15, -0.1) is 0 Å². The number of hydrogen-bond donors (Lipinski definition) is 1. The third-order valence-electron chi connectivity index (χ3n) is 3.94. The van der Waals surface area contributed by atoms with Crippen LogP contribution in [0.4, 0.5) is 0 Å². The molecule has 1 aromatic rings. The van der Waals surface area contributed by atoms with Gasteiger partial charge in [-0.1, -0.05) is 24.3 Å². The molecule has 6 nitrogen and oxygen atoms in total. The Kier molecular flexibility index (Phi) is 4.65. The maximum absolute atomic E-state index is 12.7. The SMILES string of the molecule is CC(C(=O)NC1=C(N(C)C)C(=O)c2ccccc2C1=O)N(C)C. The van der Waals surface area contributed by atoms with Crippen LogP contribution in [0.2, 0.25) is 0 Å². The molecule has 2 rings (SSSR count). The Labute approximate surface area is 135 Å². The zero-order chi connectivity index (χ0) is 17.3. The minimum Gasteiger partial charge on any atom is -0.373 e. The Bertz CT molecular complexity index is 705. The molecule has 0 aliphatic heterocycles. The lowest BCUT2D eigenvalue weighted by atomic mass is 9.89. The van der Waals surface area contributed by atoms with E-state index in [9.17, 15) is 14.4 Å². The van der Waals surface area contributed by atoms with Gasteiger partial charge in [0.1, 0.15) is 11.4 Å². The highest BCUT2D eigenvalue weighted by Gasteiger charge is 2.34. The summed E-state index contributed by atoms with van der Waals surface area (Å²) >= 11 is 0. The van der Waals surface area contributed by atoms with E-state index in [1.807, 2.05) is 0 Å². The summed E-state index contributed by atoms with van der Waals surface area (Å²) in [5.41, 5.74) is 0.918. The Morgan fingerprint density at radius 3 is 2.00 bits per heavy atom. The van der Waals surface area contributed by atoms with Crippen molar-refractivity contribution in [2.24, 2.45) is 0 Å². The third kappa shape index (κ3) is 3.03. The largest absolute Gasteiger partial charge is 0.373 e. The molecule has 23 heavy (non-hydrogen) atoms. The van der Waals surface area contributed by atoms with Crippen molar-refractivity contribution >= 4 is 17.5 Å². The lowest BCUT2D eigenvalue weighted by Gasteiger charge is -2.27. The number of hydrogen-bond acceptors (Lipinski definition) is 5. The van der Waals surface area contributed by atoms with Crippen molar-refractivity contribution in [1.82, 2.24) is 15.1 Å². The van der Waals surface area contributed by atoms with Crippen molar-refractivity contribution in [2.75, 3.05) is 28.2 Å². The van der Waals surface area contributed by atoms with Gasteiger partial charge in [-0.3, -0.25) is 19.3 Å². The maximum Gasteiger partial charge on any atom is 0.241 e. The molecule has 1 atom stereocenters. The summed E-state index contributed by atoms with van der Waals surface area (Å²) in [7, 11) is 6.90. The van der Waals surface area contributed by atoms with Gasteiger partial charge in [0.15, 0.2) is 0 Å². The Balaban J connectivity index is 2.49. The first-order chi connectivity index (χ1) is 10.8. The van der Waals surface area contributed by atoms with Crippen LogP contribution in [0.1, 0.15) is 27.6 Å². The van der Waals surface area contributed by atoms with Gasteiger partial charge in [-0.25, -0.2) is 0 Å². The van der Waals surface area contributed by atoms with Crippen LogP contribution in [-0.4, -0.2) is 61.5 Å². The minimum atomic E-state index is -0.425. The molecular weight excluding hydrogens is 294 g/mol. The Hall–Kier alpha value is -2.47. The summed E-state index contributed by atoms with van der Waals surface area (Å²) in [6.45, 7) is 1.73. The van der Waals surface area contributed by atoms with Gasteiger partial charge >= 0.3 is 0 Å². The number of Topliss-reactive ketones (excluding diaryl/α,β-unsaturated/α-hetero) is 2. The Morgan fingerprint density at radius 1 is 1.00 bits per heavy atom. The zero-order valence-electron chi connectivity index (χ0n) is 14.0. The number of fused-ring (bicyclic) bond motifs is 1. The van der Waals surface area contributed by atoms with Crippen LogP contribution in [0.15, 0.2) is 35.7 Å². The van der Waals surface area contributed by atoms with Crippen molar-refractivity contribution in [1.29, 1.82) is 0 Å². The van der Waals surface area contributed by atoms with E-state index in [2.05, 4.69) is 5.32 Å². The highest BCUT2D eigenvalue weighted by molar-refractivity contribution is 6.27. The van der Waals surface area contributed by atoms with Gasteiger partial charge < -0.3 is 10.2 Å². The molecule has 0 spiro atoms. The van der Waals surface area contributed by atoms with Crippen LogP contribution in [0.5, 0.6) is 0 Å². The van der Waals surface area contributed by atoms with Crippen LogP contribution < -0.4 is 5.32 Å². The molecular formula is C17H21N3O3. The first kappa shape index (κ1) is 16.9. The van der Waals surface area contributed by atoms with Crippen LogP contribution in [0, 0.1) is 0 Å². The molecule has 0 heterocycles. The molecule has 1 unspecified atom stereocenters. The highest BCUT2D eigenvalue weighted by Crippen LogP contribution is 2.26. The molecule has 1 N–H and O–H groups in total. The lowest BCUT2D eigenvalue weighted by molar-refractivity contribution is -0.124. The summed E-state index contributed by atoms with van der Waals surface area (Å²) in [5, 5.41) is 2.64. The molecule has 0 radical (unpaired) electrons. The average Bonchev–Trinajstić information content (AvgIpc) is 2.51. The smallest absolute Gasteiger partial charge is 0.241 e. The number of allylic oxidation sites excluding steroid dienone is 2. The number of nitrogens with zero attached hydrogens (tertiary/aromatic N) is 2. The first-order valence-electron chi connectivity index (χ1n) is 7.33. The summed E-state index contributed by atoms with van der Waals surface area (Å²) in [6, 6.07) is 6.22. The lowest BCUT2D eigenvalue weighted by Crippen LogP contribution is -2.45. The van der Waals surface area contributed by atoms with Crippen LogP contribution in [0.25, 0.3) is 0 Å². The van der Waals surface area contributed by atoms with Gasteiger partial charge in [-0.05, 0) is 21.0 Å². The fourth-order valence-electron chi connectivity index (χ4n) is 2.37. The molecule has 0 aromatic heterocycles. The number of amides is 1. The van der Waals surface area contributed by atoms with Gasteiger partial charge in [0.05, 0.1) is 6.04 Å². The molecule has 0 saturated heterocycles. The van der Waals surface area contributed by atoms with E-state index in [1.54, 1.807) is 69.2 Å². The standard InChI is InChI=1S/C17H21N3O3/c1-10(19(2)3)17(23)18-13-14(20(4)5)16(22)12-9-7-6-8-11(12)15(13)21/h6-10H,1-5H3,(H,18,23). The predicted octanol–water partition coefficient (Wildman–Crippen LogP) is 0.905. The van der Waals surface area contributed by atoms with Gasteiger partial charge in [0, 0.05) is 25.2 Å². The maximum atomic E-state index is 12.7. The van der Waals surface area contributed by atoms with Crippen molar-refractivity contribution in [3.05, 3.63) is 46.8 Å². The second-order valence-corrected chi connectivity index (χ2v) is 5.95. The number of carbonyl (C=O) groups is 3. The summed E-state index contributed by atoms with van der Waals surface area (Å²) in [4.78, 5) is 41.0. The average molecular weight is 315 g/mol. The Morgan fingerprint density at radius 2 is 1.52 bits per heavy atom. The van der Waals surface area contributed by atoms with Crippen molar-refractivity contribution < 1.29 is 14.4 Å². The van der Waals surface area contributed by atoms with E-state index < -0.39 is 6.04 Å². The minimum absolute atomic E-state index is 0.0393. The molecule has 0 fully saturated rings. The number of carbonyl (C=O) groups excluding carboxylic acids is 3. The van der Waals surface area contributed by atoms with E-state index >= 15 is 0 Å². The fraction of sp³-hybridized carbons (Fsp3) is 0.353. The van der Waals surface area contributed by atoms with E-state index in [4.69, 9.17) is 0 Å². The van der Waals surface area contributed by atoms with Gasteiger partial charge in [0.25, 0.3) is 0 Å². The van der Waals surface area contributed by atoms with E-state index in [1.165, 1.54) is 0 Å². The molecule has 1 aromatic carbocycles. The van der Waals surface area contributed by atoms with Gasteiger partial charge in [0.2, 0.25) is 17.5 Å². The molecule has 0 saturated carbocycles. The number of likely N-dealkylation sites (N-methyl/N-ethyl adjacent to an activating group) is 2. The molecule has 122 valence electrons. The fourth-order valence-corrected chi connectivity index (χ4v) is 2.37. The predicted molar refractivity (Wildman–Crippen MR) is 87.1 cm³/mol. The molecule has 6 heteroatoms. The van der Waals surface area contributed by atoms with Crippen LogP contribution in [-0.2, 0) is 4.79 Å². The quantitative estimate of drug-likeness (QED) is 0.894. The summed E-state index contributed by atoms with van der Waals surface area (Å²) in [6.07, 6.45) is 0. The van der Waals surface area contributed by atoms with E-state index in [-0.39, 0.29) is 28.9 Å². The summed E-state index contributed by atoms with van der Waals surface area (Å²) in [5.74, 6) is -0.939. The first-order valence-corrected chi connectivity index (χ1v) is 7.33. The third-order valence-corrected chi connectivity index (χ3v) is 3.94. The topological polar surface area (TPSA) is 69.7 Å². The second-order valence-electron chi connectivity index (χ2n) is 5.95. The molecule has 1 aliphatic rings. The molecule has 1 aliphatic carbocycles.